The number of nitrogens with zero attached hydrogens (tertiary/aromatic N) is 1. The van der Waals surface area contributed by atoms with Gasteiger partial charge in [-0.25, -0.2) is 0 Å². The number of halogens is 4. The maximum absolute atomic E-state index is 13.1. The molecule has 0 radical (unpaired) electrons. The third kappa shape index (κ3) is 6.03. The lowest BCUT2D eigenvalue weighted by molar-refractivity contribution is -0.137. The summed E-state index contributed by atoms with van der Waals surface area (Å²) in [6.45, 7) is 1.85. The van der Waals surface area contributed by atoms with E-state index in [0.29, 0.717) is 27.5 Å². The first kappa shape index (κ1) is 26.0. The normalized spacial score (nSPS) is 12.2. The topological polar surface area (TPSA) is 63.1 Å². The van der Waals surface area contributed by atoms with Crippen molar-refractivity contribution >= 4 is 29.1 Å². The van der Waals surface area contributed by atoms with Crippen LogP contribution >= 0.6 is 11.6 Å². The Balaban J connectivity index is 1.50. The van der Waals surface area contributed by atoms with E-state index in [1.807, 2.05) is 19.1 Å². The van der Waals surface area contributed by atoms with Gasteiger partial charge < -0.3 is 15.2 Å². The number of hydrogen-bond donors (Lipinski definition) is 2. The average molecular weight is 526 g/mol. The van der Waals surface area contributed by atoms with E-state index >= 15 is 0 Å². The molecule has 4 rings (SSSR count). The Morgan fingerprint density at radius 2 is 1.57 bits per heavy atom. The minimum atomic E-state index is -4.45. The van der Waals surface area contributed by atoms with Crippen molar-refractivity contribution in [3.8, 4) is 11.1 Å². The molecule has 37 heavy (non-hydrogen) atoms. The van der Waals surface area contributed by atoms with E-state index in [4.69, 9.17) is 11.6 Å². The van der Waals surface area contributed by atoms with Crippen LogP contribution in [0.25, 0.3) is 11.1 Å². The van der Waals surface area contributed by atoms with Crippen LogP contribution in [0.3, 0.4) is 0 Å². The van der Waals surface area contributed by atoms with Gasteiger partial charge in [0.1, 0.15) is 5.69 Å². The van der Waals surface area contributed by atoms with Crippen molar-refractivity contribution in [3.63, 3.8) is 0 Å². The summed E-state index contributed by atoms with van der Waals surface area (Å²) < 4.78 is 40.4. The van der Waals surface area contributed by atoms with E-state index in [-0.39, 0.29) is 17.5 Å². The van der Waals surface area contributed by atoms with E-state index in [2.05, 4.69) is 10.6 Å². The first-order valence-corrected chi connectivity index (χ1v) is 11.7. The predicted octanol–water partition coefficient (Wildman–Crippen LogP) is 7.11. The molecule has 0 spiro atoms. The van der Waals surface area contributed by atoms with Gasteiger partial charge in [-0.2, -0.15) is 13.2 Å². The number of aryl methyl sites for hydroxylation is 1. The van der Waals surface area contributed by atoms with Gasteiger partial charge in [0.25, 0.3) is 11.8 Å². The molecular weight excluding hydrogens is 503 g/mol. The number of nitrogens with one attached hydrogen (secondary N) is 2. The first-order valence-electron chi connectivity index (χ1n) is 11.3. The van der Waals surface area contributed by atoms with Crippen molar-refractivity contribution in [2.75, 3.05) is 5.32 Å². The Labute approximate surface area is 216 Å². The van der Waals surface area contributed by atoms with Gasteiger partial charge in [-0.3, -0.25) is 9.59 Å². The van der Waals surface area contributed by atoms with Crippen LogP contribution in [0.5, 0.6) is 0 Å². The Kier molecular flexibility index (Phi) is 7.40. The molecule has 0 unspecified atom stereocenters. The highest BCUT2D eigenvalue weighted by Gasteiger charge is 2.30. The number of amides is 2. The zero-order valence-corrected chi connectivity index (χ0v) is 20.7. The minimum Gasteiger partial charge on any atom is -0.344 e. The summed E-state index contributed by atoms with van der Waals surface area (Å²) in [5.41, 5.74) is 2.11. The molecule has 0 aliphatic heterocycles. The number of benzene rings is 3. The van der Waals surface area contributed by atoms with Gasteiger partial charge in [-0.05, 0) is 60.0 Å². The molecule has 0 bridgehead atoms. The number of anilines is 1. The van der Waals surface area contributed by atoms with E-state index < -0.39 is 17.6 Å². The van der Waals surface area contributed by atoms with Crippen molar-refractivity contribution in [3.05, 3.63) is 112 Å². The summed E-state index contributed by atoms with van der Waals surface area (Å²) >= 11 is 5.93. The molecule has 5 nitrogen and oxygen atoms in total. The molecular formula is C28H23ClF3N3O2. The maximum atomic E-state index is 13.1. The summed E-state index contributed by atoms with van der Waals surface area (Å²) in [5, 5.41) is 6.30. The zero-order valence-electron chi connectivity index (χ0n) is 19.9. The lowest BCUT2D eigenvalue weighted by Gasteiger charge is -2.14. The molecule has 9 heteroatoms. The van der Waals surface area contributed by atoms with Gasteiger partial charge >= 0.3 is 6.18 Å². The van der Waals surface area contributed by atoms with E-state index in [1.54, 1.807) is 60.3 Å². The van der Waals surface area contributed by atoms with Gasteiger partial charge in [-0.15, -0.1) is 0 Å². The van der Waals surface area contributed by atoms with Crippen LogP contribution in [-0.4, -0.2) is 16.4 Å². The van der Waals surface area contributed by atoms with Crippen LogP contribution in [0, 0.1) is 0 Å². The second-order valence-electron chi connectivity index (χ2n) is 8.55. The highest BCUT2D eigenvalue weighted by atomic mass is 35.5. The van der Waals surface area contributed by atoms with Crippen LogP contribution in [-0.2, 0) is 13.2 Å². The van der Waals surface area contributed by atoms with Gasteiger partial charge in [0.15, 0.2) is 0 Å². The number of aromatic nitrogens is 1. The van der Waals surface area contributed by atoms with Crippen LogP contribution < -0.4 is 10.6 Å². The molecule has 0 saturated carbocycles. The summed E-state index contributed by atoms with van der Waals surface area (Å²) in [6, 6.07) is 19.7. The lowest BCUT2D eigenvalue weighted by Crippen LogP contribution is -2.28. The summed E-state index contributed by atoms with van der Waals surface area (Å²) in [4.78, 5) is 26.0. The van der Waals surface area contributed by atoms with E-state index in [9.17, 15) is 22.8 Å². The number of carbonyl (C=O) groups is 2. The molecule has 0 fully saturated rings. The highest BCUT2D eigenvalue weighted by Crippen LogP contribution is 2.32. The largest absolute Gasteiger partial charge is 0.416 e. The van der Waals surface area contributed by atoms with Gasteiger partial charge in [-0.1, -0.05) is 54.1 Å². The fourth-order valence-electron chi connectivity index (χ4n) is 3.93. The minimum absolute atomic E-state index is 0.270. The Bertz CT molecular complexity index is 1430. The van der Waals surface area contributed by atoms with Gasteiger partial charge in [0.2, 0.25) is 0 Å². The molecule has 1 atom stereocenters. The quantitative estimate of drug-likeness (QED) is 0.282. The van der Waals surface area contributed by atoms with Crippen molar-refractivity contribution < 1.29 is 22.8 Å². The van der Waals surface area contributed by atoms with Crippen molar-refractivity contribution in [2.24, 2.45) is 7.05 Å². The van der Waals surface area contributed by atoms with Crippen LogP contribution in [0.1, 0.15) is 44.9 Å². The van der Waals surface area contributed by atoms with Gasteiger partial charge in [0.05, 0.1) is 17.3 Å². The third-order valence-corrected chi connectivity index (χ3v) is 6.16. The molecule has 0 saturated heterocycles. The molecule has 2 N–H and O–H groups in total. The molecule has 3 aromatic carbocycles. The average Bonchev–Trinajstić information content (AvgIpc) is 3.23. The van der Waals surface area contributed by atoms with Crippen molar-refractivity contribution in [1.82, 2.24) is 9.88 Å². The molecule has 0 aliphatic rings. The zero-order chi connectivity index (χ0) is 26.7. The Morgan fingerprint density at radius 1 is 0.919 bits per heavy atom. The van der Waals surface area contributed by atoms with Crippen LogP contribution in [0.2, 0.25) is 5.02 Å². The fourth-order valence-corrected chi connectivity index (χ4v) is 4.06. The SMILES string of the molecule is C[C@@H](NC(=O)c1cc(NC(=O)c2ccccc2-c2ccc(C(F)(F)F)cc2)cn1C)c1ccc(Cl)cc1. The van der Waals surface area contributed by atoms with E-state index in [0.717, 1.165) is 17.7 Å². The van der Waals surface area contributed by atoms with E-state index in [1.165, 1.54) is 12.1 Å². The van der Waals surface area contributed by atoms with Crippen molar-refractivity contribution in [1.29, 1.82) is 0 Å². The molecule has 1 heterocycles. The molecule has 1 aromatic heterocycles. The Hall–Kier alpha value is -4.04. The maximum Gasteiger partial charge on any atom is 0.416 e. The number of alkyl halides is 3. The Morgan fingerprint density at radius 3 is 2.22 bits per heavy atom. The number of hydrogen-bond acceptors (Lipinski definition) is 2. The standard InChI is InChI=1S/C28H23ClF3N3O2/c1-17(18-9-13-21(29)14-10-18)33-27(37)25-15-22(16-35(25)2)34-26(36)24-6-4-3-5-23(24)19-7-11-20(12-8-19)28(30,31)32/h3-17H,1-2H3,(H,33,37)(H,34,36)/t17-/m1/s1. The second kappa shape index (κ2) is 10.5. The summed E-state index contributed by atoms with van der Waals surface area (Å²) in [6.07, 6.45) is -2.83. The number of rotatable bonds is 6. The van der Waals surface area contributed by atoms with Crippen LogP contribution in [0.4, 0.5) is 18.9 Å². The first-order chi connectivity index (χ1) is 17.5. The summed E-state index contributed by atoms with van der Waals surface area (Å²) in [7, 11) is 1.69. The molecule has 4 aromatic rings. The summed E-state index contributed by atoms with van der Waals surface area (Å²) in [5.74, 6) is -0.779. The highest BCUT2D eigenvalue weighted by molar-refractivity contribution is 6.30. The predicted molar refractivity (Wildman–Crippen MR) is 138 cm³/mol. The number of carbonyl (C=O) groups excluding carboxylic acids is 2. The monoisotopic (exact) mass is 525 g/mol. The second-order valence-corrected chi connectivity index (χ2v) is 8.98. The fraction of sp³-hybridized carbons (Fsp3) is 0.143. The smallest absolute Gasteiger partial charge is 0.344 e. The molecule has 2 amide bonds. The van der Waals surface area contributed by atoms with Gasteiger partial charge in [0, 0.05) is 23.8 Å². The third-order valence-electron chi connectivity index (χ3n) is 5.91. The molecule has 0 aliphatic carbocycles. The van der Waals surface area contributed by atoms with Crippen LogP contribution in [0.15, 0.2) is 85.1 Å². The lowest BCUT2D eigenvalue weighted by atomic mass is 9.98. The van der Waals surface area contributed by atoms with Crippen molar-refractivity contribution in [2.45, 2.75) is 19.1 Å². The molecule has 190 valence electrons.